The third-order valence-corrected chi connectivity index (χ3v) is 4.89. The van der Waals surface area contributed by atoms with Crippen LogP contribution in [0.3, 0.4) is 0 Å². The van der Waals surface area contributed by atoms with Crippen LogP contribution in [-0.2, 0) is 11.2 Å². The molecule has 5 nitrogen and oxygen atoms in total. The van der Waals surface area contributed by atoms with E-state index in [0.717, 1.165) is 47.6 Å². The number of para-hydroxylation sites is 2. The molecule has 2 heterocycles. The van der Waals surface area contributed by atoms with Crippen molar-refractivity contribution in [3.05, 3.63) is 59.9 Å². The molecular weight excluding hydrogens is 326 g/mol. The number of H-pyrrole nitrogens is 1. The minimum atomic E-state index is 0.0394. The average Bonchev–Trinajstić information content (AvgIpc) is 3.30. The van der Waals surface area contributed by atoms with Crippen molar-refractivity contribution in [1.29, 1.82) is 0 Å². The third kappa shape index (κ3) is 3.29. The maximum Gasteiger partial charge on any atom is 0.227 e. The number of carbonyl (C=O) groups is 1. The van der Waals surface area contributed by atoms with Crippen LogP contribution in [0.1, 0.15) is 37.2 Å². The van der Waals surface area contributed by atoms with Crippen molar-refractivity contribution in [2.24, 2.45) is 0 Å². The summed E-state index contributed by atoms with van der Waals surface area (Å²) in [6.07, 6.45) is 2.37. The van der Waals surface area contributed by atoms with E-state index in [2.05, 4.69) is 4.98 Å². The van der Waals surface area contributed by atoms with Gasteiger partial charge in [0.2, 0.25) is 5.91 Å². The van der Waals surface area contributed by atoms with Gasteiger partial charge in [-0.05, 0) is 49.6 Å². The first-order valence-electron chi connectivity index (χ1n) is 9.20. The number of fused-ring (bicyclic) bond motifs is 1. The lowest BCUT2D eigenvalue weighted by atomic mass is 10.1. The molecule has 5 heteroatoms. The van der Waals surface area contributed by atoms with Gasteiger partial charge in [-0.2, -0.15) is 0 Å². The van der Waals surface area contributed by atoms with Crippen LogP contribution >= 0.6 is 0 Å². The Kier molecular flexibility index (Phi) is 4.61. The summed E-state index contributed by atoms with van der Waals surface area (Å²) in [5.41, 5.74) is 2.98. The Labute approximate surface area is 153 Å². The van der Waals surface area contributed by atoms with E-state index < -0.39 is 0 Å². The van der Waals surface area contributed by atoms with Gasteiger partial charge in [-0.25, -0.2) is 4.98 Å². The number of nitrogens with zero attached hydrogens (tertiary/aromatic N) is 2. The Morgan fingerprint density at radius 1 is 1.23 bits per heavy atom. The van der Waals surface area contributed by atoms with Gasteiger partial charge in [0.15, 0.2) is 0 Å². The van der Waals surface area contributed by atoms with E-state index in [-0.39, 0.29) is 11.9 Å². The number of aromatic amines is 1. The molecule has 0 bridgehead atoms. The molecule has 0 aliphatic carbocycles. The molecule has 1 unspecified atom stereocenters. The second-order valence-electron chi connectivity index (χ2n) is 6.64. The predicted octanol–water partition coefficient (Wildman–Crippen LogP) is 3.87. The molecule has 1 atom stereocenters. The van der Waals surface area contributed by atoms with Crippen LogP contribution in [-0.4, -0.2) is 33.9 Å². The Morgan fingerprint density at radius 2 is 2.04 bits per heavy atom. The van der Waals surface area contributed by atoms with Crippen molar-refractivity contribution < 1.29 is 9.53 Å². The molecule has 1 saturated heterocycles. The zero-order valence-electron chi connectivity index (χ0n) is 14.9. The monoisotopic (exact) mass is 349 g/mol. The highest BCUT2D eigenvalue weighted by atomic mass is 16.5. The van der Waals surface area contributed by atoms with Crippen molar-refractivity contribution in [1.82, 2.24) is 14.9 Å². The number of aromatic nitrogens is 2. The molecule has 26 heavy (non-hydrogen) atoms. The summed E-state index contributed by atoms with van der Waals surface area (Å²) < 4.78 is 5.46. The number of hydrogen-bond donors (Lipinski definition) is 1. The molecule has 2 aromatic carbocycles. The number of amides is 1. The fourth-order valence-corrected chi connectivity index (χ4v) is 3.63. The summed E-state index contributed by atoms with van der Waals surface area (Å²) in [6.45, 7) is 3.39. The first-order valence-corrected chi connectivity index (χ1v) is 9.20. The standard InChI is InChI=1S/C21H23N3O2/c1-2-26-16-11-9-15(10-12-16)14-20(25)24-13-5-8-19(24)21-22-17-6-3-4-7-18(17)23-21/h3-4,6-7,9-12,19H,2,5,8,13-14H2,1H3,(H,22,23). The number of benzene rings is 2. The van der Waals surface area contributed by atoms with Crippen LogP contribution in [0.15, 0.2) is 48.5 Å². The smallest absolute Gasteiger partial charge is 0.227 e. The van der Waals surface area contributed by atoms with Gasteiger partial charge >= 0.3 is 0 Å². The lowest BCUT2D eigenvalue weighted by Crippen LogP contribution is -2.32. The fraction of sp³-hybridized carbons (Fsp3) is 0.333. The highest BCUT2D eigenvalue weighted by Crippen LogP contribution is 2.32. The number of nitrogens with one attached hydrogen (secondary N) is 1. The molecule has 1 aromatic heterocycles. The molecule has 3 aromatic rings. The molecule has 1 amide bonds. The van der Waals surface area contributed by atoms with E-state index in [1.807, 2.05) is 60.4 Å². The Morgan fingerprint density at radius 3 is 2.81 bits per heavy atom. The molecule has 4 rings (SSSR count). The summed E-state index contributed by atoms with van der Waals surface area (Å²) in [4.78, 5) is 22.9. The molecule has 1 aliphatic rings. The van der Waals surface area contributed by atoms with Gasteiger partial charge in [0.25, 0.3) is 0 Å². The Hall–Kier alpha value is -2.82. The number of carbonyl (C=O) groups excluding carboxylic acids is 1. The van der Waals surface area contributed by atoms with Gasteiger partial charge < -0.3 is 14.6 Å². The minimum absolute atomic E-state index is 0.0394. The predicted molar refractivity (Wildman–Crippen MR) is 101 cm³/mol. The summed E-state index contributed by atoms with van der Waals surface area (Å²) in [7, 11) is 0. The van der Waals surface area contributed by atoms with Crippen LogP contribution in [0.25, 0.3) is 11.0 Å². The van der Waals surface area contributed by atoms with E-state index in [1.54, 1.807) is 0 Å². The van der Waals surface area contributed by atoms with Gasteiger partial charge in [0.1, 0.15) is 11.6 Å². The number of likely N-dealkylation sites (tertiary alicyclic amines) is 1. The summed E-state index contributed by atoms with van der Waals surface area (Å²) in [6, 6.07) is 15.8. The van der Waals surface area contributed by atoms with E-state index in [0.29, 0.717) is 13.0 Å². The maximum absolute atomic E-state index is 12.9. The Balaban J connectivity index is 1.49. The van der Waals surface area contributed by atoms with E-state index in [1.165, 1.54) is 0 Å². The van der Waals surface area contributed by atoms with Crippen LogP contribution in [0.4, 0.5) is 0 Å². The van der Waals surface area contributed by atoms with Crippen LogP contribution in [0.5, 0.6) is 5.75 Å². The normalized spacial score (nSPS) is 17.0. The van der Waals surface area contributed by atoms with Gasteiger partial charge in [-0.1, -0.05) is 24.3 Å². The van der Waals surface area contributed by atoms with Gasteiger partial charge in [0, 0.05) is 6.54 Å². The Bertz CT molecular complexity index is 868. The number of ether oxygens (including phenoxy) is 1. The van der Waals surface area contributed by atoms with Gasteiger partial charge in [-0.15, -0.1) is 0 Å². The molecule has 134 valence electrons. The van der Waals surface area contributed by atoms with Crippen molar-refractivity contribution >= 4 is 16.9 Å². The fourth-order valence-electron chi connectivity index (χ4n) is 3.63. The molecular formula is C21H23N3O2. The lowest BCUT2D eigenvalue weighted by Gasteiger charge is -2.23. The summed E-state index contributed by atoms with van der Waals surface area (Å²) >= 11 is 0. The second-order valence-corrected chi connectivity index (χ2v) is 6.64. The SMILES string of the molecule is CCOc1ccc(CC(=O)N2CCCC2c2nc3ccccc3[nH]2)cc1. The molecule has 1 aliphatic heterocycles. The largest absolute Gasteiger partial charge is 0.494 e. The highest BCUT2D eigenvalue weighted by Gasteiger charge is 2.31. The number of imidazole rings is 1. The van der Waals surface area contributed by atoms with Crippen LogP contribution in [0.2, 0.25) is 0 Å². The first-order chi connectivity index (χ1) is 12.7. The van der Waals surface area contributed by atoms with Crippen LogP contribution < -0.4 is 4.74 Å². The van der Waals surface area contributed by atoms with E-state index >= 15 is 0 Å². The summed E-state index contributed by atoms with van der Waals surface area (Å²) in [5, 5.41) is 0. The topological polar surface area (TPSA) is 58.2 Å². The van der Waals surface area contributed by atoms with Crippen molar-refractivity contribution in [2.75, 3.05) is 13.2 Å². The second kappa shape index (κ2) is 7.20. The van der Waals surface area contributed by atoms with Gasteiger partial charge in [0.05, 0.1) is 30.1 Å². The zero-order valence-corrected chi connectivity index (χ0v) is 14.9. The molecule has 0 saturated carbocycles. The summed E-state index contributed by atoms with van der Waals surface area (Å²) in [5.74, 6) is 1.88. The molecule has 1 N–H and O–H groups in total. The average molecular weight is 349 g/mol. The lowest BCUT2D eigenvalue weighted by molar-refractivity contribution is -0.131. The minimum Gasteiger partial charge on any atom is -0.494 e. The molecule has 0 spiro atoms. The quantitative estimate of drug-likeness (QED) is 0.761. The van der Waals surface area contributed by atoms with Crippen molar-refractivity contribution in [3.63, 3.8) is 0 Å². The van der Waals surface area contributed by atoms with Crippen LogP contribution in [0, 0.1) is 0 Å². The zero-order chi connectivity index (χ0) is 17.9. The molecule has 1 fully saturated rings. The highest BCUT2D eigenvalue weighted by molar-refractivity contribution is 5.80. The third-order valence-electron chi connectivity index (χ3n) is 4.89. The van der Waals surface area contributed by atoms with E-state index in [9.17, 15) is 4.79 Å². The van der Waals surface area contributed by atoms with Crippen molar-refractivity contribution in [3.8, 4) is 5.75 Å². The van der Waals surface area contributed by atoms with Crippen molar-refractivity contribution in [2.45, 2.75) is 32.2 Å². The first kappa shape index (κ1) is 16.6. The molecule has 0 radical (unpaired) electrons. The number of hydrogen-bond acceptors (Lipinski definition) is 3. The van der Waals surface area contributed by atoms with Gasteiger partial charge in [-0.3, -0.25) is 4.79 Å². The van der Waals surface area contributed by atoms with E-state index in [4.69, 9.17) is 9.72 Å². The number of rotatable bonds is 5. The maximum atomic E-state index is 12.9.